The van der Waals surface area contributed by atoms with E-state index in [-0.39, 0.29) is 11.3 Å². The molecule has 1 aromatic heterocycles. The van der Waals surface area contributed by atoms with Crippen molar-refractivity contribution in [1.29, 1.82) is 0 Å². The molecule has 0 fully saturated rings. The van der Waals surface area contributed by atoms with E-state index in [4.69, 9.17) is 4.42 Å². The van der Waals surface area contributed by atoms with E-state index in [2.05, 4.69) is 177 Å². The van der Waals surface area contributed by atoms with Crippen LogP contribution in [0.3, 0.4) is 0 Å². The van der Waals surface area contributed by atoms with Crippen LogP contribution in [0.2, 0.25) is 0 Å². The second kappa shape index (κ2) is 11.6. The number of benzene rings is 6. The highest BCUT2D eigenvalue weighted by Crippen LogP contribution is 2.54. The van der Waals surface area contributed by atoms with Crippen molar-refractivity contribution in [3.05, 3.63) is 197 Å². The number of nitrogens with zero attached hydrogens (tertiary/aromatic N) is 1. The second-order valence-electron chi connectivity index (χ2n) is 14.8. The van der Waals surface area contributed by atoms with Gasteiger partial charge in [0.25, 0.3) is 0 Å². The number of hydrogen-bond donors (Lipinski definition) is 0. The van der Waals surface area contributed by atoms with E-state index >= 15 is 0 Å². The number of rotatable bonds is 5. The third-order valence-corrected chi connectivity index (χ3v) is 11.6. The van der Waals surface area contributed by atoms with Crippen molar-refractivity contribution in [3.63, 3.8) is 0 Å². The zero-order chi connectivity index (χ0) is 34.1. The van der Waals surface area contributed by atoms with Gasteiger partial charge in [0.1, 0.15) is 11.2 Å². The fourth-order valence-corrected chi connectivity index (χ4v) is 9.05. The summed E-state index contributed by atoms with van der Waals surface area (Å²) >= 11 is 0. The Labute approximate surface area is 299 Å². The molecule has 0 spiro atoms. The van der Waals surface area contributed by atoms with Crippen LogP contribution in [0.4, 0.5) is 5.69 Å². The van der Waals surface area contributed by atoms with E-state index in [0.717, 1.165) is 24.0 Å². The minimum atomic E-state index is -0.0325. The lowest BCUT2D eigenvalue weighted by Crippen LogP contribution is -2.26. The smallest absolute Gasteiger partial charge is 0.135 e. The first-order valence-corrected chi connectivity index (χ1v) is 18.2. The largest absolute Gasteiger partial charge is 0.456 e. The van der Waals surface area contributed by atoms with E-state index in [0.29, 0.717) is 5.92 Å². The molecule has 0 radical (unpaired) electrons. The van der Waals surface area contributed by atoms with Gasteiger partial charge < -0.3 is 9.32 Å². The highest BCUT2D eigenvalue weighted by molar-refractivity contribution is 6.05. The van der Waals surface area contributed by atoms with Crippen LogP contribution in [-0.4, -0.2) is 0 Å². The van der Waals surface area contributed by atoms with Crippen LogP contribution in [-0.2, 0) is 5.41 Å². The predicted octanol–water partition coefficient (Wildman–Crippen LogP) is 13.1. The summed E-state index contributed by atoms with van der Waals surface area (Å²) in [5.74, 6) is 0.685. The first-order chi connectivity index (χ1) is 25.0. The van der Waals surface area contributed by atoms with E-state index in [1.165, 1.54) is 72.0 Å². The molecule has 6 aromatic carbocycles. The molecule has 2 unspecified atom stereocenters. The predicted molar refractivity (Wildman–Crippen MR) is 213 cm³/mol. The molecule has 7 aromatic rings. The molecule has 51 heavy (non-hydrogen) atoms. The van der Waals surface area contributed by atoms with E-state index in [1.807, 2.05) is 6.07 Å². The van der Waals surface area contributed by atoms with Crippen LogP contribution in [0.1, 0.15) is 55.2 Å². The average Bonchev–Trinajstić information content (AvgIpc) is 3.67. The summed E-state index contributed by atoms with van der Waals surface area (Å²) in [6, 6.07) is 48.5. The van der Waals surface area contributed by atoms with Gasteiger partial charge in [-0.05, 0) is 76.2 Å². The molecular weight excluding hydrogens is 619 g/mol. The van der Waals surface area contributed by atoms with Crippen molar-refractivity contribution in [2.24, 2.45) is 0 Å². The number of para-hydroxylation sites is 1. The van der Waals surface area contributed by atoms with Crippen molar-refractivity contribution in [3.8, 4) is 11.1 Å². The summed E-state index contributed by atoms with van der Waals surface area (Å²) in [6.45, 7) is 4.80. The molecule has 0 saturated carbocycles. The molecule has 0 saturated heterocycles. The second-order valence-corrected chi connectivity index (χ2v) is 14.8. The first kappa shape index (κ1) is 30.0. The molecule has 2 atom stereocenters. The third-order valence-electron chi connectivity index (χ3n) is 11.6. The van der Waals surface area contributed by atoms with Gasteiger partial charge in [-0.25, -0.2) is 0 Å². The van der Waals surface area contributed by atoms with Crippen molar-refractivity contribution in [2.45, 2.75) is 43.9 Å². The Balaban J connectivity index is 1.10. The fourth-order valence-electron chi connectivity index (χ4n) is 9.05. The van der Waals surface area contributed by atoms with Gasteiger partial charge >= 0.3 is 0 Å². The molecule has 246 valence electrons. The van der Waals surface area contributed by atoms with Crippen LogP contribution >= 0.6 is 0 Å². The van der Waals surface area contributed by atoms with Crippen LogP contribution in [0.25, 0.3) is 43.8 Å². The molecule has 2 nitrogen and oxygen atoms in total. The fraction of sp³-hybridized carbons (Fsp3) is 0.143. The van der Waals surface area contributed by atoms with Crippen LogP contribution < -0.4 is 4.90 Å². The van der Waals surface area contributed by atoms with Crippen molar-refractivity contribution in [2.75, 3.05) is 4.90 Å². The van der Waals surface area contributed by atoms with Gasteiger partial charge in [-0.1, -0.05) is 153 Å². The van der Waals surface area contributed by atoms with Crippen molar-refractivity contribution >= 4 is 38.4 Å². The minimum absolute atomic E-state index is 0.0325. The van der Waals surface area contributed by atoms with Gasteiger partial charge in [-0.2, -0.15) is 0 Å². The lowest BCUT2D eigenvalue weighted by atomic mass is 9.78. The molecule has 0 amide bonds. The van der Waals surface area contributed by atoms with Crippen LogP contribution in [0.15, 0.2) is 185 Å². The van der Waals surface area contributed by atoms with Gasteiger partial charge in [-0.15, -0.1) is 0 Å². The number of fused-ring (bicyclic) bond motifs is 7. The minimum Gasteiger partial charge on any atom is -0.456 e. The Hall–Kier alpha value is -5.86. The van der Waals surface area contributed by atoms with Gasteiger partial charge in [0.05, 0.1) is 5.69 Å². The number of furan rings is 1. The average molecular weight is 658 g/mol. The number of anilines is 1. The Bertz CT molecular complexity index is 2630. The molecule has 0 bridgehead atoms. The monoisotopic (exact) mass is 657 g/mol. The highest BCUT2D eigenvalue weighted by Gasteiger charge is 2.42. The maximum atomic E-state index is 6.28. The third kappa shape index (κ3) is 4.77. The summed E-state index contributed by atoms with van der Waals surface area (Å²) < 4.78 is 6.28. The Morgan fingerprint density at radius 1 is 0.647 bits per heavy atom. The van der Waals surface area contributed by atoms with Crippen molar-refractivity contribution < 1.29 is 4.42 Å². The molecular formula is C49H39NO. The molecule has 3 aliphatic carbocycles. The lowest BCUT2D eigenvalue weighted by Gasteiger charge is -2.35. The Kier molecular flexibility index (Phi) is 6.83. The zero-order valence-corrected chi connectivity index (χ0v) is 29.0. The van der Waals surface area contributed by atoms with Gasteiger partial charge in [0, 0.05) is 45.0 Å². The van der Waals surface area contributed by atoms with E-state index < -0.39 is 0 Å². The van der Waals surface area contributed by atoms with Crippen LogP contribution in [0.5, 0.6) is 0 Å². The maximum Gasteiger partial charge on any atom is 0.135 e. The summed E-state index contributed by atoms with van der Waals surface area (Å²) in [7, 11) is 0. The summed E-state index contributed by atoms with van der Waals surface area (Å²) in [4.78, 5) is 2.53. The van der Waals surface area contributed by atoms with E-state index in [1.54, 1.807) is 0 Å². The molecule has 1 heterocycles. The number of hydrogen-bond acceptors (Lipinski definition) is 2. The van der Waals surface area contributed by atoms with Crippen LogP contribution in [0, 0.1) is 0 Å². The van der Waals surface area contributed by atoms with Crippen molar-refractivity contribution in [1.82, 2.24) is 0 Å². The zero-order valence-electron chi connectivity index (χ0n) is 29.0. The molecule has 10 rings (SSSR count). The van der Waals surface area contributed by atoms with E-state index in [9.17, 15) is 0 Å². The molecule has 0 aliphatic heterocycles. The summed E-state index contributed by atoms with van der Waals surface area (Å²) in [5.41, 5.74) is 13.7. The van der Waals surface area contributed by atoms with Gasteiger partial charge in [-0.3, -0.25) is 0 Å². The highest BCUT2D eigenvalue weighted by atomic mass is 16.3. The number of allylic oxidation sites excluding steroid dienone is 6. The molecule has 0 N–H and O–H groups in total. The Morgan fingerprint density at radius 3 is 2.25 bits per heavy atom. The summed E-state index contributed by atoms with van der Waals surface area (Å²) in [6.07, 6.45) is 14.1. The molecule has 2 heteroatoms. The maximum absolute atomic E-state index is 6.28. The topological polar surface area (TPSA) is 16.4 Å². The summed E-state index contributed by atoms with van der Waals surface area (Å²) in [5, 5.41) is 4.86. The lowest BCUT2D eigenvalue weighted by molar-refractivity contribution is 0.609. The Morgan fingerprint density at radius 2 is 1.39 bits per heavy atom. The SMILES string of the molecule is CC1(C)C2=CC(N(C3=CCC(c4ccc5c(c4)oc4ccccc45)C=C3)c3ccc4ccccc4c3-c3ccccc3)=CCC2c2ccccc21. The van der Waals surface area contributed by atoms with Gasteiger partial charge in [0.15, 0.2) is 0 Å². The normalized spacial score (nSPS) is 19.1. The van der Waals surface area contributed by atoms with Gasteiger partial charge in [0.2, 0.25) is 0 Å². The standard InChI is InChI=1S/C49H39NO/c1-49(2)43-18-10-8-16-39(43)40-28-26-37(31-44(40)49)50(45-29-23-33-12-6-7-15-38(33)48(45)34-13-4-3-5-14-34)36-24-20-32(21-25-36)35-22-27-42-41-17-9-11-19-46(41)51-47(42)30-35/h3-20,22-27,29-32,40H,21,28H2,1-2H3. The molecule has 3 aliphatic rings. The quantitative estimate of drug-likeness (QED) is 0.183. The first-order valence-electron chi connectivity index (χ1n) is 18.2.